The van der Waals surface area contributed by atoms with Gasteiger partial charge in [0.15, 0.2) is 0 Å². The van der Waals surface area contributed by atoms with E-state index >= 15 is 0 Å². The van der Waals surface area contributed by atoms with E-state index in [0.29, 0.717) is 0 Å². The molecule has 1 aromatic rings. The third kappa shape index (κ3) is 4.64. The SMILES string of the molecule is Cc1cc(NC(C)NS(C)(=O)=O)ccc1C(C)N. The second-order valence-electron chi connectivity index (χ2n) is 4.62. The minimum absolute atomic E-state index is 0.00869. The summed E-state index contributed by atoms with van der Waals surface area (Å²) in [4.78, 5) is 0. The van der Waals surface area contributed by atoms with Crippen molar-refractivity contribution in [2.45, 2.75) is 33.0 Å². The minimum atomic E-state index is -3.21. The molecule has 0 radical (unpaired) electrons. The van der Waals surface area contributed by atoms with E-state index in [9.17, 15) is 8.42 Å². The second-order valence-corrected chi connectivity index (χ2v) is 6.40. The van der Waals surface area contributed by atoms with Crippen LogP contribution in [0.1, 0.15) is 31.0 Å². The first-order chi connectivity index (χ1) is 8.19. The minimum Gasteiger partial charge on any atom is -0.369 e. The Bertz CT molecular complexity index is 512. The van der Waals surface area contributed by atoms with Crippen molar-refractivity contribution >= 4 is 15.7 Å². The Balaban J connectivity index is 2.78. The molecule has 102 valence electrons. The molecule has 0 bridgehead atoms. The van der Waals surface area contributed by atoms with Gasteiger partial charge in [-0.1, -0.05) is 6.07 Å². The fraction of sp³-hybridized carbons (Fsp3) is 0.500. The number of hydrogen-bond acceptors (Lipinski definition) is 4. The van der Waals surface area contributed by atoms with Gasteiger partial charge in [-0.05, 0) is 44.0 Å². The first-order valence-electron chi connectivity index (χ1n) is 5.79. The molecule has 0 aliphatic carbocycles. The highest BCUT2D eigenvalue weighted by molar-refractivity contribution is 7.88. The number of sulfonamides is 1. The summed E-state index contributed by atoms with van der Waals surface area (Å²) in [7, 11) is -3.21. The molecule has 18 heavy (non-hydrogen) atoms. The van der Waals surface area contributed by atoms with Crippen LogP contribution in [0.4, 0.5) is 5.69 Å². The topological polar surface area (TPSA) is 84.2 Å². The number of nitrogens with one attached hydrogen (secondary N) is 2. The van der Waals surface area contributed by atoms with Crippen LogP contribution in [0.5, 0.6) is 0 Å². The van der Waals surface area contributed by atoms with Crippen LogP contribution in [-0.4, -0.2) is 20.8 Å². The predicted molar refractivity (Wildman–Crippen MR) is 74.8 cm³/mol. The van der Waals surface area contributed by atoms with Crippen molar-refractivity contribution in [1.29, 1.82) is 0 Å². The van der Waals surface area contributed by atoms with E-state index in [-0.39, 0.29) is 12.2 Å². The van der Waals surface area contributed by atoms with E-state index in [0.717, 1.165) is 23.1 Å². The molecule has 0 saturated heterocycles. The number of anilines is 1. The van der Waals surface area contributed by atoms with Crippen LogP contribution in [-0.2, 0) is 10.0 Å². The molecule has 6 heteroatoms. The summed E-state index contributed by atoms with van der Waals surface area (Å²) in [5.74, 6) is 0. The molecule has 1 rings (SSSR count). The maximum atomic E-state index is 11.1. The lowest BCUT2D eigenvalue weighted by molar-refractivity contribution is 0.578. The van der Waals surface area contributed by atoms with E-state index in [4.69, 9.17) is 5.73 Å². The summed E-state index contributed by atoms with van der Waals surface area (Å²) >= 11 is 0. The fourth-order valence-electron chi connectivity index (χ4n) is 1.88. The average Bonchev–Trinajstić information content (AvgIpc) is 2.13. The van der Waals surface area contributed by atoms with E-state index in [2.05, 4.69) is 10.0 Å². The van der Waals surface area contributed by atoms with Gasteiger partial charge in [0.1, 0.15) is 0 Å². The fourth-order valence-corrected chi connectivity index (χ4v) is 2.58. The average molecular weight is 271 g/mol. The highest BCUT2D eigenvalue weighted by Crippen LogP contribution is 2.19. The number of rotatable bonds is 5. The molecular weight excluding hydrogens is 250 g/mol. The quantitative estimate of drug-likeness (QED) is 0.705. The molecule has 0 aromatic heterocycles. The molecule has 5 nitrogen and oxygen atoms in total. The van der Waals surface area contributed by atoms with Crippen molar-refractivity contribution in [2.24, 2.45) is 5.73 Å². The van der Waals surface area contributed by atoms with E-state index in [1.54, 1.807) is 6.92 Å². The van der Waals surface area contributed by atoms with Gasteiger partial charge < -0.3 is 11.1 Å². The Morgan fingerprint density at radius 1 is 1.28 bits per heavy atom. The Hall–Kier alpha value is -1.11. The van der Waals surface area contributed by atoms with E-state index in [1.807, 2.05) is 32.0 Å². The summed E-state index contributed by atoms with van der Waals surface area (Å²) in [5, 5.41) is 3.07. The van der Waals surface area contributed by atoms with Crippen molar-refractivity contribution in [2.75, 3.05) is 11.6 Å². The monoisotopic (exact) mass is 271 g/mol. The molecule has 0 saturated carbocycles. The molecule has 0 aliphatic heterocycles. The smallest absolute Gasteiger partial charge is 0.210 e. The van der Waals surface area contributed by atoms with E-state index in [1.165, 1.54) is 0 Å². The van der Waals surface area contributed by atoms with Gasteiger partial charge in [-0.15, -0.1) is 0 Å². The Kier molecular flexibility index (Phi) is 4.72. The lowest BCUT2D eigenvalue weighted by Gasteiger charge is -2.17. The highest BCUT2D eigenvalue weighted by Gasteiger charge is 2.09. The second kappa shape index (κ2) is 5.69. The van der Waals surface area contributed by atoms with Gasteiger partial charge in [0.25, 0.3) is 0 Å². The van der Waals surface area contributed by atoms with Crippen LogP contribution in [0.2, 0.25) is 0 Å². The standard InChI is InChI=1S/C12H21N3O2S/c1-8-7-11(5-6-12(8)9(2)13)14-10(3)15-18(4,16)17/h5-7,9-10,14-15H,13H2,1-4H3. The van der Waals surface area contributed by atoms with Crippen molar-refractivity contribution in [3.63, 3.8) is 0 Å². The van der Waals surface area contributed by atoms with Crippen LogP contribution in [0.15, 0.2) is 18.2 Å². The zero-order chi connectivity index (χ0) is 13.9. The summed E-state index contributed by atoms with van der Waals surface area (Å²) in [6.07, 6.45) is 0.774. The summed E-state index contributed by atoms with van der Waals surface area (Å²) < 4.78 is 24.6. The van der Waals surface area contributed by atoms with Crippen LogP contribution in [0.25, 0.3) is 0 Å². The normalized spacial score (nSPS) is 15.2. The number of hydrogen-bond donors (Lipinski definition) is 3. The first-order valence-corrected chi connectivity index (χ1v) is 7.68. The van der Waals surface area contributed by atoms with Gasteiger partial charge in [-0.25, -0.2) is 8.42 Å². The first kappa shape index (κ1) is 14.9. The number of benzene rings is 1. The Morgan fingerprint density at radius 2 is 1.89 bits per heavy atom. The molecule has 2 unspecified atom stereocenters. The largest absolute Gasteiger partial charge is 0.369 e. The van der Waals surface area contributed by atoms with E-state index < -0.39 is 10.0 Å². The van der Waals surface area contributed by atoms with Crippen LogP contribution in [0.3, 0.4) is 0 Å². The lowest BCUT2D eigenvalue weighted by Crippen LogP contribution is -2.37. The van der Waals surface area contributed by atoms with Crippen LogP contribution < -0.4 is 15.8 Å². The molecule has 0 spiro atoms. The molecule has 0 aliphatic rings. The number of aryl methyl sites for hydroxylation is 1. The summed E-state index contributed by atoms with van der Waals surface area (Å²) in [6.45, 7) is 5.66. The third-order valence-electron chi connectivity index (χ3n) is 2.53. The van der Waals surface area contributed by atoms with Gasteiger partial charge in [0, 0.05) is 11.7 Å². The molecule has 0 amide bonds. The molecular formula is C12H21N3O2S. The van der Waals surface area contributed by atoms with Crippen molar-refractivity contribution in [3.8, 4) is 0 Å². The summed E-state index contributed by atoms with van der Waals surface area (Å²) in [5.41, 5.74) is 8.87. The maximum Gasteiger partial charge on any atom is 0.210 e. The van der Waals surface area contributed by atoms with Crippen LogP contribution in [0, 0.1) is 6.92 Å². The zero-order valence-electron chi connectivity index (χ0n) is 11.2. The van der Waals surface area contributed by atoms with Gasteiger partial charge in [-0.2, -0.15) is 4.72 Å². The van der Waals surface area contributed by atoms with Crippen molar-refractivity contribution in [3.05, 3.63) is 29.3 Å². The number of nitrogens with two attached hydrogens (primary N) is 1. The lowest BCUT2D eigenvalue weighted by atomic mass is 10.0. The summed E-state index contributed by atoms with van der Waals surface area (Å²) in [6, 6.07) is 5.80. The van der Waals surface area contributed by atoms with Gasteiger partial charge in [0.05, 0.1) is 12.4 Å². The molecule has 4 N–H and O–H groups in total. The molecule has 2 atom stereocenters. The predicted octanol–water partition coefficient (Wildman–Crippen LogP) is 1.32. The van der Waals surface area contributed by atoms with Crippen molar-refractivity contribution in [1.82, 2.24) is 4.72 Å². The third-order valence-corrected chi connectivity index (χ3v) is 3.32. The molecule has 0 fully saturated rings. The van der Waals surface area contributed by atoms with Gasteiger partial charge in [0.2, 0.25) is 10.0 Å². The Labute approximate surface area is 109 Å². The highest BCUT2D eigenvalue weighted by atomic mass is 32.2. The Morgan fingerprint density at radius 3 is 2.33 bits per heavy atom. The van der Waals surface area contributed by atoms with Gasteiger partial charge in [-0.3, -0.25) is 0 Å². The van der Waals surface area contributed by atoms with Gasteiger partial charge >= 0.3 is 0 Å². The maximum absolute atomic E-state index is 11.1. The molecule has 0 heterocycles. The molecule has 1 aromatic carbocycles. The zero-order valence-corrected chi connectivity index (χ0v) is 12.0. The van der Waals surface area contributed by atoms with Crippen molar-refractivity contribution < 1.29 is 8.42 Å². The van der Waals surface area contributed by atoms with Crippen LogP contribution >= 0.6 is 0 Å².